The van der Waals surface area contributed by atoms with E-state index in [1.165, 1.54) is 0 Å². The van der Waals surface area contributed by atoms with E-state index in [-0.39, 0.29) is 17.5 Å². The molecule has 0 radical (unpaired) electrons. The second kappa shape index (κ2) is 4.81. The zero-order valence-electron chi connectivity index (χ0n) is 8.80. The number of alkyl halides is 1. The molecule has 86 valence electrons. The second-order valence-electron chi connectivity index (χ2n) is 3.95. The first-order valence-corrected chi connectivity index (χ1v) is 5.29. The lowest BCUT2D eigenvalue weighted by atomic mass is 9.99. The lowest BCUT2D eigenvalue weighted by Crippen LogP contribution is -2.51. The van der Waals surface area contributed by atoms with Crippen molar-refractivity contribution in [3.8, 4) is 0 Å². The number of rotatable bonds is 2. The summed E-state index contributed by atoms with van der Waals surface area (Å²) in [6.45, 7) is 4.41. The van der Waals surface area contributed by atoms with Crippen molar-refractivity contribution in [3.63, 3.8) is 0 Å². The number of carbonyl (C=O) groups is 2. The number of amides is 3. The van der Waals surface area contributed by atoms with Crippen molar-refractivity contribution in [2.75, 3.05) is 12.5 Å². The zero-order chi connectivity index (χ0) is 11.5. The Kier molecular flexibility index (Phi) is 3.93. The summed E-state index contributed by atoms with van der Waals surface area (Å²) in [7, 11) is 0. The van der Waals surface area contributed by atoms with Gasteiger partial charge in [0, 0.05) is 6.61 Å². The maximum absolute atomic E-state index is 11.3. The highest BCUT2D eigenvalue weighted by Crippen LogP contribution is 2.24. The van der Waals surface area contributed by atoms with Crippen molar-refractivity contribution >= 4 is 23.5 Å². The molecule has 3 amide bonds. The minimum absolute atomic E-state index is 0.0828. The van der Waals surface area contributed by atoms with Crippen molar-refractivity contribution in [1.29, 1.82) is 0 Å². The molecule has 5 nitrogen and oxygen atoms in total. The van der Waals surface area contributed by atoms with Crippen LogP contribution in [0.2, 0.25) is 0 Å². The number of hydrogen-bond acceptors (Lipinski definition) is 3. The van der Waals surface area contributed by atoms with Gasteiger partial charge in [-0.05, 0) is 20.3 Å². The second-order valence-corrected chi connectivity index (χ2v) is 4.22. The molecule has 1 fully saturated rings. The smallest absolute Gasteiger partial charge is 0.321 e. The number of carbonyl (C=O) groups excluding carboxylic acids is 2. The number of imide groups is 1. The molecule has 1 heterocycles. The van der Waals surface area contributed by atoms with E-state index in [2.05, 4.69) is 10.6 Å². The van der Waals surface area contributed by atoms with Gasteiger partial charge in [0.05, 0.1) is 11.6 Å². The standard InChI is InChI=1S/C9H15ClN2O3/c1-9(2)6(3-4-15-9)11-8(14)12-7(13)5-10/h6H,3-5H2,1-2H3,(H2,11,12,13,14). The molecule has 1 saturated heterocycles. The van der Waals surface area contributed by atoms with Crippen LogP contribution in [0.15, 0.2) is 0 Å². The normalized spacial score (nSPS) is 23.5. The third-order valence-corrected chi connectivity index (χ3v) is 2.64. The first kappa shape index (κ1) is 12.3. The summed E-state index contributed by atoms with van der Waals surface area (Å²) in [6.07, 6.45) is 0.746. The molecule has 15 heavy (non-hydrogen) atoms. The fraction of sp³-hybridized carbons (Fsp3) is 0.778. The molecule has 0 bridgehead atoms. The fourth-order valence-electron chi connectivity index (χ4n) is 1.49. The maximum Gasteiger partial charge on any atom is 0.321 e. The van der Waals surface area contributed by atoms with Crippen molar-refractivity contribution < 1.29 is 14.3 Å². The molecule has 0 aromatic rings. The van der Waals surface area contributed by atoms with Gasteiger partial charge in [-0.25, -0.2) is 4.79 Å². The first-order valence-electron chi connectivity index (χ1n) is 4.76. The van der Waals surface area contributed by atoms with Gasteiger partial charge in [0.25, 0.3) is 0 Å². The Balaban J connectivity index is 2.41. The maximum atomic E-state index is 11.3. The Labute approximate surface area is 93.5 Å². The van der Waals surface area contributed by atoms with E-state index in [1.54, 1.807) is 0 Å². The van der Waals surface area contributed by atoms with Gasteiger partial charge in [0.2, 0.25) is 5.91 Å². The van der Waals surface area contributed by atoms with Crippen LogP contribution >= 0.6 is 11.6 Å². The predicted molar refractivity (Wildman–Crippen MR) is 55.8 cm³/mol. The van der Waals surface area contributed by atoms with E-state index in [4.69, 9.17) is 16.3 Å². The molecular weight excluding hydrogens is 220 g/mol. The van der Waals surface area contributed by atoms with Crippen LogP contribution in [0.4, 0.5) is 4.79 Å². The van der Waals surface area contributed by atoms with Crippen LogP contribution in [0.25, 0.3) is 0 Å². The SMILES string of the molecule is CC1(C)OCCC1NC(=O)NC(=O)CCl. The minimum Gasteiger partial charge on any atom is -0.373 e. The Morgan fingerprint density at radius 3 is 2.67 bits per heavy atom. The summed E-state index contributed by atoms with van der Waals surface area (Å²) in [5.41, 5.74) is -0.388. The van der Waals surface area contributed by atoms with Crippen LogP contribution in [-0.2, 0) is 9.53 Å². The summed E-state index contributed by atoms with van der Waals surface area (Å²) in [5, 5.41) is 4.80. The van der Waals surface area contributed by atoms with Gasteiger partial charge in [-0.2, -0.15) is 0 Å². The fourth-order valence-corrected chi connectivity index (χ4v) is 1.56. The summed E-state index contributed by atoms with van der Waals surface area (Å²) in [4.78, 5) is 22.1. The molecule has 6 heteroatoms. The molecule has 1 aliphatic heterocycles. The van der Waals surface area contributed by atoms with Crippen molar-refractivity contribution in [3.05, 3.63) is 0 Å². The summed E-state index contributed by atoms with van der Waals surface area (Å²) in [6, 6.07) is -0.607. The zero-order valence-corrected chi connectivity index (χ0v) is 9.56. The van der Waals surface area contributed by atoms with Gasteiger partial charge in [0.15, 0.2) is 0 Å². The van der Waals surface area contributed by atoms with E-state index < -0.39 is 11.9 Å². The number of hydrogen-bond donors (Lipinski definition) is 2. The monoisotopic (exact) mass is 234 g/mol. The predicted octanol–water partition coefficient (Wildman–Crippen LogP) is 0.619. The Morgan fingerprint density at radius 2 is 2.20 bits per heavy atom. The van der Waals surface area contributed by atoms with E-state index in [9.17, 15) is 9.59 Å². The van der Waals surface area contributed by atoms with Gasteiger partial charge in [0.1, 0.15) is 5.88 Å². The molecular formula is C9H15ClN2O3. The Bertz CT molecular complexity index is 268. The number of halogens is 1. The van der Waals surface area contributed by atoms with Crippen LogP contribution in [-0.4, -0.2) is 36.1 Å². The van der Waals surface area contributed by atoms with Crippen LogP contribution in [0.1, 0.15) is 20.3 Å². The average molecular weight is 235 g/mol. The third-order valence-electron chi connectivity index (χ3n) is 2.40. The van der Waals surface area contributed by atoms with Gasteiger partial charge in [-0.15, -0.1) is 11.6 Å². The molecule has 1 aliphatic rings. The average Bonchev–Trinajstić information content (AvgIpc) is 2.45. The lowest BCUT2D eigenvalue weighted by Gasteiger charge is -2.26. The quantitative estimate of drug-likeness (QED) is 0.689. The highest BCUT2D eigenvalue weighted by Gasteiger charge is 2.36. The summed E-state index contributed by atoms with van der Waals surface area (Å²) < 4.78 is 5.43. The van der Waals surface area contributed by atoms with E-state index in [1.807, 2.05) is 13.8 Å². The van der Waals surface area contributed by atoms with Gasteiger partial charge in [-0.3, -0.25) is 10.1 Å². The van der Waals surface area contributed by atoms with E-state index in [0.717, 1.165) is 6.42 Å². The lowest BCUT2D eigenvalue weighted by molar-refractivity contribution is -0.117. The summed E-state index contributed by atoms with van der Waals surface area (Å²) in [5.74, 6) is -0.733. The largest absolute Gasteiger partial charge is 0.373 e. The van der Waals surface area contributed by atoms with Gasteiger partial charge < -0.3 is 10.1 Å². The van der Waals surface area contributed by atoms with Gasteiger partial charge >= 0.3 is 6.03 Å². The molecule has 0 spiro atoms. The van der Waals surface area contributed by atoms with Crippen molar-refractivity contribution in [1.82, 2.24) is 10.6 Å². The molecule has 0 aromatic heterocycles. The number of ether oxygens (including phenoxy) is 1. The van der Waals surface area contributed by atoms with Crippen LogP contribution < -0.4 is 10.6 Å². The number of nitrogens with one attached hydrogen (secondary N) is 2. The molecule has 1 rings (SSSR count). The molecule has 1 atom stereocenters. The molecule has 0 saturated carbocycles. The van der Waals surface area contributed by atoms with Crippen LogP contribution in [0.5, 0.6) is 0 Å². The van der Waals surface area contributed by atoms with Crippen molar-refractivity contribution in [2.24, 2.45) is 0 Å². The van der Waals surface area contributed by atoms with E-state index >= 15 is 0 Å². The highest BCUT2D eigenvalue weighted by molar-refractivity contribution is 6.28. The molecule has 2 N–H and O–H groups in total. The first-order chi connectivity index (χ1) is 6.95. The Hall–Kier alpha value is -0.810. The minimum atomic E-state index is -0.524. The number of urea groups is 1. The third kappa shape index (κ3) is 3.35. The summed E-state index contributed by atoms with van der Waals surface area (Å²) >= 11 is 5.25. The van der Waals surface area contributed by atoms with Crippen LogP contribution in [0.3, 0.4) is 0 Å². The highest BCUT2D eigenvalue weighted by atomic mass is 35.5. The van der Waals surface area contributed by atoms with E-state index in [0.29, 0.717) is 6.61 Å². The van der Waals surface area contributed by atoms with Gasteiger partial charge in [-0.1, -0.05) is 0 Å². The van der Waals surface area contributed by atoms with Crippen LogP contribution in [0, 0.1) is 0 Å². The molecule has 1 unspecified atom stereocenters. The molecule has 0 aromatic carbocycles. The van der Waals surface area contributed by atoms with Crippen molar-refractivity contribution in [2.45, 2.75) is 31.9 Å². The topological polar surface area (TPSA) is 67.4 Å². The molecule has 0 aliphatic carbocycles. The Morgan fingerprint density at radius 1 is 1.53 bits per heavy atom.